The number of carbonyl (C=O) groups is 1. The molecule has 224 valence electrons. The van der Waals surface area contributed by atoms with Crippen molar-refractivity contribution in [3.8, 4) is 11.8 Å². The largest absolute Gasteiger partial charge is 0.463 e. The molecule has 1 aliphatic heterocycles. The quantitative estimate of drug-likeness (QED) is 0.145. The minimum absolute atomic E-state index is 0.100. The number of allylic oxidation sites excluding steroid dienone is 2. The van der Waals surface area contributed by atoms with Crippen molar-refractivity contribution in [1.29, 1.82) is 5.26 Å². The Morgan fingerprint density at radius 2 is 1.69 bits per heavy atom. The fourth-order valence-electron chi connectivity index (χ4n) is 3.85. The summed E-state index contributed by atoms with van der Waals surface area (Å²) in [5.74, 6) is -4.61. The van der Waals surface area contributed by atoms with Gasteiger partial charge in [-0.3, -0.25) is 10.1 Å². The molecule has 1 heterocycles. The van der Waals surface area contributed by atoms with E-state index in [1.807, 2.05) is 0 Å². The fourth-order valence-corrected chi connectivity index (χ4v) is 4.88. The molecule has 0 radical (unpaired) electrons. The lowest BCUT2D eigenvalue weighted by atomic mass is 9.82. The number of alkyl halides is 6. The van der Waals surface area contributed by atoms with E-state index in [9.17, 15) is 54.9 Å². The molecule has 3 rings (SSSR count). The number of rotatable bonds is 7. The van der Waals surface area contributed by atoms with Gasteiger partial charge in [-0.05, 0) is 38.1 Å². The van der Waals surface area contributed by atoms with E-state index in [-0.39, 0.29) is 30.6 Å². The van der Waals surface area contributed by atoms with Crippen molar-refractivity contribution in [2.24, 2.45) is 5.73 Å². The Bertz CT molecular complexity index is 1640. The number of esters is 1. The summed E-state index contributed by atoms with van der Waals surface area (Å²) < 4.78 is 121. The van der Waals surface area contributed by atoms with E-state index >= 15 is 0 Å². The monoisotopic (exact) mass is 621 g/mol. The Morgan fingerprint density at radius 3 is 2.17 bits per heavy atom. The number of nitriles is 1. The molecule has 0 saturated heterocycles. The number of benzene rings is 2. The molecule has 2 aromatic rings. The van der Waals surface area contributed by atoms with Gasteiger partial charge in [0.1, 0.15) is 28.0 Å². The van der Waals surface area contributed by atoms with Gasteiger partial charge in [0.25, 0.3) is 5.69 Å². The number of hydrogen-bond donors (Lipinski definition) is 1. The number of nitro benzene ring substituents is 1. The molecule has 0 aromatic heterocycles. The van der Waals surface area contributed by atoms with Crippen LogP contribution in [0.2, 0.25) is 0 Å². The topological polar surface area (TPSA) is 172 Å². The Morgan fingerprint density at radius 1 is 1.12 bits per heavy atom. The van der Waals surface area contributed by atoms with Crippen LogP contribution in [0, 0.1) is 21.4 Å². The van der Waals surface area contributed by atoms with Crippen molar-refractivity contribution in [2.75, 3.05) is 6.61 Å². The molecule has 0 fully saturated rings. The maximum absolute atomic E-state index is 13.3. The molecule has 1 aliphatic rings. The first-order chi connectivity index (χ1) is 19.3. The number of nitrogens with two attached hydrogens (primary N) is 1. The third kappa shape index (κ3) is 6.40. The Labute approximate surface area is 232 Å². The zero-order valence-electron chi connectivity index (χ0n) is 21.2. The van der Waals surface area contributed by atoms with Gasteiger partial charge in [0.15, 0.2) is 0 Å². The number of halogens is 6. The highest BCUT2D eigenvalue weighted by atomic mass is 32.2. The first-order valence-corrected chi connectivity index (χ1v) is 12.7. The minimum atomic E-state index is -5.54. The normalized spacial score (nSPS) is 16.0. The molecule has 0 amide bonds. The smallest absolute Gasteiger partial charge is 0.416 e. The third-order valence-electron chi connectivity index (χ3n) is 5.67. The summed E-state index contributed by atoms with van der Waals surface area (Å²) in [7, 11) is -5.54. The average molecular weight is 621 g/mol. The van der Waals surface area contributed by atoms with Crippen LogP contribution in [0.5, 0.6) is 5.75 Å². The molecule has 0 saturated carbocycles. The number of ether oxygens (including phenoxy) is 2. The van der Waals surface area contributed by atoms with Gasteiger partial charge < -0.3 is 19.4 Å². The molecular formula is C24H17F6N3O8S. The molecule has 1 atom stereocenters. The molecule has 11 nitrogen and oxygen atoms in total. The second-order valence-electron chi connectivity index (χ2n) is 8.37. The van der Waals surface area contributed by atoms with Crippen LogP contribution in [-0.2, 0) is 36.7 Å². The molecule has 2 N–H and O–H groups in total. The van der Waals surface area contributed by atoms with Gasteiger partial charge in [-0.1, -0.05) is 0 Å². The van der Waals surface area contributed by atoms with Crippen LogP contribution in [0.4, 0.5) is 32.0 Å². The highest BCUT2D eigenvalue weighted by Gasteiger charge is 2.41. The second kappa shape index (κ2) is 11.2. The first-order valence-electron chi connectivity index (χ1n) is 11.3. The van der Waals surface area contributed by atoms with Crippen LogP contribution in [-0.4, -0.2) is 25.9 Å². The van der Waals surface area contributed by atoms with Crippen LogP contribution in [0.3, 0.4) is 0 Å². The maximum atomic E-state index is 13.3. The minimum Gasteiger partial charge on any atom is -0.463 e. The third-order valence-corrected chi connectivity index (χ3v) is 6.88. The number of nitrogens with zero attached hydrogens (tertiary/aromatic N) is 2. The van der Waals surface area contributed by atoms with Crippen molar-refractivity contribution in [2.45, 2.75) is 37.0 Å². The van der Waals surface area contributed by atoms with Gasteiger partial charge in [-0.2, -0.15) is 40.0 Å². The van der Waals surface area contributed by atoms with Crippen LogP contribution in [0.15, 0.2) is 64.1 Å². The summed E-state index contributed by atoms with van der Waals surface area (Å²) in [6, 6.07) is 3.19. The Hall–Kier alpha value is -4.79. The van der Waals surface area contributed by atoms with Crippen LogP contribution >= 0.6 is 0 Å². The zero-order valence-corrected chi connectivity index (χ0v) is 22.0. The average Bonchev–Trinajstić information content (AvgIpc) is 2.87. The van der Waals surface area contributed by atoms with Gasteiger partial charge in [-0.25, -0.2) is 4.79 Å². The van der Waals surface area contributed by atoms with Crippen LogP contribution in [0.1, 0.15) is 36.5 Å². The van der Waals surface area contributed by atoms with Gasteiger partial charge in [0.05, 0.1) is 34.1 Å². The molecule has 0 spiro atoms. The van der Waals surface area contributed by atoms with Crippen LogP contribution < -0.4 is 9.92 Å². The summed E-state index contributed by atoms with van der Waals surface area (Å²) >= 11 is 0. The Balaban J connectivity index is 2.31. The van der Waals surface area contributed by atoms with Crippen molar-refractivity contribution in [1.82, 2.24) is 0 Å². The number of hydrogen-bond acceptors (Lipinski definition) is 10. The van der Waals surface area contributed by atoms with E-state index in [1.165, 1.54) is 13.8 Å². The maximum Gasteiger partial charge on any atom is 0.416 e. The number of non-ortho nitro benzene ring substituents is 1. The van der Waals surface area contributed by atoms with Crippen molar-refractivity contribution in [3.05, 3.63) is 86.0 Å². The lowest BCUT2D eigenvalue weighted by molar-refractivity contribution is -0.384. The highest BCUT2D eigenvalue weighted by Crippen LogP contribution is 2.45. The summed E-state index contributed by atoms with van der Waals surface area (Å²) in [5.41, 5.74) is -0.507. The molecule has 18 heteroatoms. The van der Waals surface area contributed by atoms with Crippen molar-refractivity contribution < 1.29 is 58.1 Å². The van der Waals surface area contributed by atoms with E-state index in [1.54, 1.807) is 6.07 Å². The molecule has 0 bridgehead atoms. The molecule has 1 unspecified atom stereocenters. The van der Waals surface area contributed by atoms with Gasteiger partial charge in [0.2, 0.25) is 5.88 Å². The predicted molar refractivity (Wildman–Crippen MR) is 127 cm³/mol. The summed E-state index contributed by atoms with van der Waals surface area (Å²) in [6.45, 7) is 2.42. The highest BCUT2D eigenvalue weighted by molar-refractivity contribution is 7.87. The van der Waals surface area contributed by atoms with E-state index < -0.39 is 89.3 Å². The predicted octanol–water partition coefficient (Wildman–Crippen LogP) is 5.04. The van der Waals surface area contributed by atoms with Gasteiger partial charge in [-0.15, -0.1) is 0 Å². The zero-order chi connectivity index (χ0) is 31.8. The van der Waals surface area contributed by atoms with Gasteiger partial charge in [0, 0.05) is 17.7 Å². The molecule has 2 aromatic carbocycles. The second-order valence-corrected chi connectivity index (χ2v) is 9.92. The van der Waals surface area contributed by atoms with E-state index in [2.05, 4.69) is 0 Å². The van der Waals surface area contributed by atoms with Gasteiger partial charge >= 0.3 is 28.4 Å². The van der Waals surface area contributed by atoms with E-state index in [0.29, 0.717) is 18.2 Å². The van der Waals surface area contributed by atoms with E-state index in [0.717, 1.165) is 0 Å². The SMILES string of the molecule is CCOC(=O)C1=C(C)OC(N)=C(C#N)C1c1cc([N+](=O)[O-])ccc1OS(=O)(=O)c1cc(C(F)(F)F)cc(C(F)(F)F)c1. The van der Waals surface area contributed by atoms with Crippen LogP contribution in [0.25, 0.3) is 0 Å². The number of nitro groups is 1. The summed E-state index contributed by atoms with van der Waals surface area (Å²) in [6.07, 6.45) is -10.8. The standard InChI is InChI=1S/C24H17F6N3O8S/c1-3-39-22(34)19-11(2)40-21(32)17(10-31)20(19)16-9-14(33(35)36)4-5-18(16)41-42(37,38)15-7-12(23(25,26)27)6-13(8-15)24(28,29)30/h4-9,20H,3,32H2,1-2H3. The number of carbonyl (C=O) groups excluding carboxylic acids is 1. The fraction of sp³-hybridized carbons (Fsp3) is 0.250. The lowest BCUT2D eigenvalue weighted by Gasteiger charge is -2.27. The molecular weight excluding hydrogens is 604 g/mol. The van der Waals surface area contributed by atoms with E-state index in [4.69, 9.17) is 19.4 Å². The summed E-state index contributed by atoms with van der Waals surface area (Å²) in [5, 5.41) is 21.3. The summed E-state index contributed by atoms with van der Waals surface area (Å²) in [4.78, 5) is 21.8. The first kappa shape index (κ1) is 31.7. The molecule has 42 heavy (non-hydrogen) atoms. The lowest BCUT2D eigenvalue weighted by Crippen LogP contribution is -2.26. The Kier molecular flexibility index (Phi) is 8.49. The molecule has 0 aliphatic carbocycles. The van der Waals surface area contributed by atoms with Crippen molar-refractivity contribution in [3.63, 3.8) is 0 Å². The van der Waals surface area contributed by atoms with Crippen molar-refractivity contribution >= 4 is 21.8 Å².